The summed E-state index contributed by atoms with van der Waals surface area (Å²) in [6.07, 6.45) is 2.23. The molecular formula is C13H17N. The zero-order valence-electron chi connectivity index (χ0n) is 8.96. The van der Waals surface area contributed by atoms with Crippen molar-refractivity contribution in [1.29, 1.82) is 0 Å². The van der Waals surface area contributed by atoms with Crippen LogP contribution in [0.5, 0.6) is 0 Å². The minimum absolute atomic E-state index is 0.504. The summed E-state index contributed by atoms with van der Waals surface area (Å²) >= 11 is 0. The maximum atomic E-state index is 4.14. The summed E-state index contributed by atoms with van der Waals surface area (Å²) in [6, 6.07) is 9.14. The molecule has 0 atom stereocenters. The van der Waals surface area contributed by atoms with E-state index in [1.54, 1.807) is 0 Å². The van der Waals surface area contributed by atoms with Gasteiger partial charge in [0, 0.05) is 17.4 Å². The number of nitrogens with zero attached hydrogens (tertiary/aromatic N) is 1. The van der Waals surface area contributed by atoms with Crippen LogP contribution in [0, 0.1) is 0 Å². The Hall–Kier alpha value is -1.24. The molecule has 1 aromatic carbocycles. The molecule has 0 bridgehead atoms. The lowest BCUT2D eigenvalue weighted by molar-refractivity contribution is 0.695. The Labute approximate surface area is 86.1 Å². The zero-order chi connectivity index (χ0) is 10.1. The highest BCUT2D eigenvalue weighted by Gasteiger charge is 2.21. The third-order valence-corrected chi connectivity index (χ3v) is 2.79. The van der Waals surface area contributed by atoms with Gasteiger partial charge in [-0.05, 0) is 38.3 Å². The molecule has 1 heterocycles. The average molecular weight is 187 g/mol. The van der Waals surface area contributed by atoms with E-state index in [0.29, 0.717) is 6.04 Å². The number of benzene rings is 1. The lowest BCUT2D eigenvalue weighted by Gasteiger charge is -2.36. The van der Waals surface area contributed by atoms with Crippen LogP contribution >= 0.6 is 0 Å². The molecule has 1 nitrogen and oxygen atoms in total. The quantitative estimate of drug-likeness (QED) is 0.651. The highest BCUT2D eigenvalue weighted by molar-refractivity contribution is 5.60. The molecule has 2 rings (SSSR count). The Balaban J connectivity index is 2.46. The number of hydrogen-bond acceptors (Lipinski definition) is 1. The van der Waals surface area contributed by atoms with Crippen molar-refractivity contribution in [3.05, 3.63) is 42.1 Å². The summed E-state index contributed by atoms with van der Waals surface area (Å²) in [4.78, 5) is 2.35. The first-order valence-electron chi connectivity index (χ1n) is 5.25. The molecule has 14 heavy (non-hydrogen) atoms. The zero-order valence-corrected chi connectivity index (χ0v) is 8.96. The Kier molecular flexibility index (Phi) is 2.32. The summed E-state index contributed by atoms with van der Waals surface area (Å²) in [5.74, 6) is 0. The molecule has 0 saturated heterocycles. The van der Waals surface area contributed by atoms with Crippen molar-refractivity contribution in [3.8, 4) is 0 Å². The molecule has 1 aromatic rings. The Bertz CT molecular complexity index is 352. The van der Waals surface area contributed by atoms with Gasteiger partial charge in [-0.2, -0.15) is 0 Å². The predicted octanol–water partition coefficient (Wildman–Crippen LogP) is 3.36. The van der Waals surface area contributed by atoms with Gasteiger partial charge in [0.2, 0.25) is 0 Å². The molecule has 0 radical (unpaired) electrons. The Morgan fingerprint density at radius 1 is 1.21 bits per heavy atom. The summed E-state index contributed by atoms with van der Waals surface area (Å²) < 4.78 is 0. The van der Waals surface area contributed by atoms with Crippen molar-refractivity contribution in [1.82, 2.24) is 0 Å². The van der Waals surface area contributed by atoms with Crippen molar-refractivity contribution < 1.29 is 0 Å². The molecule has 1 aliphatic rings. The molecule has 74 valence electrons. The van der Waals surface area contributed by atoms with Gasteiger partial charge in [-0.3, -0.25) is 0 Å². The molecule has 1 aliphatic heterocycles. The van der Waals surface area contributed by atoms with Gasteiger partial charge in [0.25, 0.3) is 0 Å². The van der Waals surface area contributed by atoms with E-state index in [2.05, 4.69) is 49.6 Å². The number of para-hydroxylation sites is 1. The second-order valence-electron chi connectivity index (χ2n) is 4.16. The molecule has 0 amide bonds. The summed E-state index contributed by atoms with van der Waals surface area (Å²) in [7, 11) is 0. The van der Waals surface area contributed by atoms with Crippen LogP contribution in [0.4, 0.5) is 5.69 Å². The topological polar surface area (TPSA) is 3.24 Å². The summed E-state index contributed by atoms with van der Waals surface area (Å²) in [5, 5.41) is 0. The molecule has 0 spiro atoms. The lowest BCUT2D eigenvalue weighted by atomic mass is 9.98. The number of hydrogen-bond donors (Lipinski definition) is 0. The minimum atomic E-state index is 0.504. The van der Waals surface area contributed by atoms with E-state index in [1.807, 2.05) is 0 Å². The highest BCUT2D eigenvalue weighted by Crippen LogP contribution is 2.33. The monoisotopic (exact) mass is 187 g/mol. The molecule has 0 saturated carbocycles. The average Bonchev–Trinajstić information content (AvgIpc) is 2.17. The van der Waals surface area contributed by atoms with Crippen LogP contribution in [0.15, 0.2) is 36.5 Å². The fraction of sp³-hybridized carbons (Fsp3) is 0.385. The van der Waals surface area contributed by atoms with Crippen LogP contribution in [-0.4, -0.2) is 6.04 Å². The van der Waals surface area contributed by atoms with Gasteiger partial charge in [0.15, 0.2) is 0 Å². The Morgan fingerprint density at radius 2 is 1.93 bits per heavy atom. The minimum Gasteiger partial charge on any atom is -0.343 e. The maximum Gasteiger partial charge on any atom is 0.0443 e. The van der Waals surface area contributed by atoms with E-state index in [1.165, 1.54) is 16.9 Å². The first-order valence-corrected chi connectivity index (χ1v) is 5.25. The number of fused-ring (bicyclic) bond motifs is 1. The molecular weight excluding hydrogens is 170 g/mol. The highest BCUT2D eigenvalue weighted by atomic mass is 15.2. The van der Waals surface area contributed by atoms with Crippen LogP contribution in [0.25, 0.3) is 0 Å². The van der Waals surface area contributed by atoms with Gasteiger partial charge in [0.05, 0.1) is 0 Å². The van der Waals surface area contributed by atoms with Crippen molar-refractivity contribution in [2.75, 3.05) is 4.90 Å². The number of aryl methyl sites for hydroxylation is 1. The molecule has 1 heteroatoms. The van der Waals surface area contributed by atoms with Crippen LogP contribution in [0.1, 0.15) is 25.8 Å². The van der Waals surface area contributed by atoms with Gasteiger partial charge >= 0.3 is 0 Å². The van der Waals surface area contributed by atoms with Crippen LogP contribution in [0.3, 0.4) is 0 Å². The fourth-order valence-electron chi connectivity index (χ4n) is 2.17. The third kappa shape index (κ3) is 1.43. The van der Waals surface area contributed by atoms with Gasteiger partial charge in [0.1, 0.15) is 0 Å². The second-order valence-corrected chi connectivity index (χ2v) is 4.16. The lowest BCUT2D eigenvalue weighted by Crippen LogP contribution is -2.33. The third-order valence-electron chi connectivity index (χ3n) is 2.79. The Morgan fingerprint density at radius 3 is 2.64 bits per heavy atom. The van der Waals surface area contributed by atoms with Crippen LogP contribution in [0.2, 0.25) is 0 Å². The largest absolute Gasteiger partial charge is 0.343 e. The number of anilines is 1. The van der Waals surface area contributed by atoms with E-state index >= 15 is 0 Å². The second kappa shape index (κ2) is 3.49. The van der Waals surface area contributed by atoms with Gasteiger partial charge < -0.3 is 4.90 Å². The molecule has 0 N–H and O–H groups in total. The molecule has 0 aliphatic carbocycles. The first kappa shape index (κ1) is 9.32. The number of rotatable bonds is 1. The van der Waals surface area contributed by atoms with E-state index in [4.69, 9.17) is 0 Å². The van der Waals surface area contributed by atoms with Crippen LogP contribution < -0.4 is 4.90 Å². The predicted molar refractivity (Wildman–Crippen MR) is 61.5 cm³/mol. The van der Waals surface area contributed by atoms with Crippen LogP contribution in [-0.2, 0) is 6.42 Å². The number of allylic oxidation sites excluding steroid dienone is 1. The standard InChI is InChI=1S/C13H17N/c1-10(2)14-11(3)8-9-12-6-4-5-7-13(12)14/h4-7,10H,3,8-9H2,1-2H3. The normalized spacial score (nSPS) is 15.9. The van der Waals surface area contributed by atoms with E-state index in [0.717, 1.165) is 12.8 Å². The van der Waals surface area contributed by atoms with Crippen molar-refractivity contribution in [2.45, 2.75) is 32.7 Å². The van der Waals surface area contributed by atoms with Gasteiger partial charge in [-0.25, -0.2) is 0 Å². The maximum absolute atomic E-state index is 4.14. The van der Waals surface area contributed by atoms with Gasteiger partial charge in [-0.1, -0.05) is 24.8 Å². The first-order chi connectivity index (χ1) is 6.70. The SMILES string of the molecule is C=C1CCc2ccccc2N1C(C)C. The van der Waals surface area contributed by atoms with Crippen molar-refractivity contribution in [3.63, 3.8) is 0 Å². The van der Waals surface area contributed by atoms with E-state index in [-0.39, 0.29) is 0 Å². The molecule has 0 aromatic heterocycles. The van der Waals surface area contributed by atoms with E-state index in [9.17, 15) is 0 Å². The fourth-order valence-corrected chi connectivity index (χ4v) is 2.17. The molecule has 0 unspecified atom stereocenters. The molecule has 0 fully saturated rings. The van der Waals surface area contributed by atoms with Crippen molar-refractivity contribution in [2.24, 2.45) is 0 Å². The van der Waals surface area contributed by atoms with Crippen molar-refractivity contribution >= 4 is 5.69 Å². The summed E-state index contributed by atoms with van der Waals surface area (Å²) in [6.45, 7) is 8.57. The summed E-state index contributed by atoms with van der Waals surface area (Å²) in [5.41, 5.74) is 4.05. The smallest absolute Gasteiger partial charge is 0.0443 e. The van der Waals surface area contributed by atoms with Gasteiger partial charge in [-0.15, -0.1) is 0 Å². The van der Waals surface area contributed by atoms with E-state index < -0.39 is 0 Å².